The number of hydrogen-bond donors (Lipinski definition) is 1. The highest BCUT2D eigenvalue weighted by Gasteiger charge is 2.26. The number of anilines is 1. The predicted molar refractivity (Wildman–Crippen MR) is 118 cm³/mol. The molecule has 31 heavy (non-hydrogen) atoms. The van der Waals surface area contributed by atoms with Crippen LogP contribution in [0.4, 0.5) is 5.82 Å². The van der Waals surface area contributed by atoms with E-state index < -0.39 is 12.1 Å². The van der Waals surface area contributed by atoms with Gasteiger partial charge >= 0.3 is 5.97 Å². The molecule has 3 heterocycles. The van der Waals surface area contributed by atoms with Gasteiger partial charge in [0.25, 0.3) is 0 Å². The van der Waals surface area contributed by atoms with Crippen molar-refractivity contribution in [1.29, 1.82) is 0 Å². The van der Waals surface area contributed by atoms with Crippen molar-refractivity contribution in [1.82, 2.24) is 19.4 Å². The number of para-hydroxylation sites is 2. The summed E-state index contributed by atoms with van der Waals surface area (Å²) in [7, 11) is 1.57. The Morgan fingerprint density at radius 2 is 1.90 bits per heavy atom. The van der Waals surface area contributed by atoms with Crippen molar-refractivity contribution in [3.8, 4) is 0 Å². The van der Waals surface area contributed by atoms with Crippen LogP contribution >= 0.6 is 0 Å². The van der Waals surface area contributed by atoms with Crippen LogP contribution in [0.1, 0.15) is 23.7 Å². The van der Waals surface area contributed by atoms with Gasteiger partial charge in [-0.3, -0.25) is 4.90 Å². The molecule has 166 valence electrons. The third-order valence-electron chi connectivity index (χ3n) is 5.47. The van der Waals surface area contributed by atoms with E-state index in [4.69, 9.17) is 29.9 Å². The topological polar surface area (TPSA) is 105 Å². The summed E-state index contributed by atoms with van der Waals surface area (Å²) in [5.74, 6) is -0.175. The molecular weight excluding hydrogens is 398 g/mol. The van der Waals surface area contributed by atoms with Crippen LogP contribution in [0, 0.1) is 0 Å². The third kappa shape index (κ3) is 4.63. The van der Waals surface area contributed by atoms with Gasteiger partial charge in [0.05, 0.1) is 30.9 Å². The number of nitrogen functional groups attached to an aromatic ring is 1. The largest absolute Gasteiger partial charge is 0.456 e. The van der Waals surface area contributed by atoms with E-state index in [-0.39, 0.29) is 5.56 Å². The second kappa shape index (κ2) is 9.59. The normalized spacial score (nSPS) is 16.1. The van der Waals surface area contributed by atoms with Crippen molar-refractivity contribution in [3.63, 3.8) is 0 Å². The van der Waals surface area contributed by atoms with Gasteiger partial charge in [-0.15, -0.1) is 0 Å². The predicted octanol–water partition coefficient (Wildman–Crippen LogP) is 2.08. The number of morpholine rings is 1. The molecule has 1 fully saturated rings. The van der Waals surface area contributed by atoms with Gasteiger partial charge in [-0.25, -0.2) is 14.8 Å². The molecule has 9 nitrogen and oxygen atoms in total. The molecule has 0 unspecified atom stereocenters. The number of ether oxygens (including phenoxy) is 3. The van der Waals surface area contributed by atoms with E-state index >= 15 is 0 Å². The standard InChI is InChI=1S/C22H29N5O4/c1-15(14-29-2)31-22(28)18-19-21(25-17-7-4-3-6-16(17)24-19)27(20(18)23)9-5-8-26-10-12-30-13-11-26/h3-4,6-7,15H,5,8-14,23H2,1-2H3/t15-/m1/s1. The first-order chi connectivity index (χ1) is 15.1. The highest BCUT2D eigenvalue weighted by Crippen LogP contribution is 2.29. The lowest BCUT2D eigenvalue weighted by atomic mass is 10.2. The van der Waals surface area contributed by atoms with Gasteiger partial charge < -0.3 is 24.5 Å². The van der Waals surface area contributed by atoms with Gasteiger partial charge in [-0.1, -0.05) is 12.1 Å². The van der Waals surface area contributed by atoms with E-state index in [9.17, 15) is 4.79 Å². The Bertz CT molecular complexity index is 1060. The average molecular weight is 428 g/mol. The van der Waals surface area contributed by atoms with E-state index in [0.29, 0.717) is 35.7 Å². The summed E-state index contributed by atoms with van der Waals surface area (Å²) >= 11 is 0. The quantitative estimate of drug-likeness (QED) is 0.545. The SMILES string of the molecule is COC[C@@H](C)OC(=O)c1c(N)n(CCCN2CCOCC2)c2nc3ccccc3nc12. The second-order valence-electron chi connectivity index (χ2n) is 7.78. The van der Waals surface area contributed by atoms with Crippen molar-refractivity contribution in [2.75, 3.05) is 52.3 Å². The Morgan fingerprint density at radius 3 is 2.61 bits per heavy atom. The van der Waals surface area contributed by atoms with Crippen molar-refractivity contribution >= 4 is 34.0 Å². The minimum Gasteiger partial charge on any atom is -0.456 e. The van der Waals surface area contributed by atoms with Crippen LogP contribution in [0.3, 0.4) is 0 Å². The van der Waals surface area contributed by atoms with Gasteiger partial charge in [-0.05, 0) is 25.5 Å². The van der Waals surface area contributed by atoms with Gasteiger partial charge in [0.2, 0.25) is 0 Å². The number of carbonyl (C=O) groups is 1. The molecule has 2 N–H and O–H groups in total. The lowest BCUT2D eigenvalue weighted by Gasteiger charge is -2.26. The number of carbonyl (C=O) groups excluding carboxylic acids is 1. The summed E-state index contributed by atoms with van der Waals surface area (Å²) in [6.45, 7) is 7.03. The lowest BCUT2D eigenvalue weighted by molar-refractivity contribution is 0.0123. The zero-order valence-electron chi connectivity index (χ0n) is 18.0. The number of fused-ring (bicyclic) bond motifs is 2. The number of benzene rings is 1. The molecule has 0 aliphatic carbocycles. The number of esters is 1. The van der Waals surface area contributed by atoms with Crippen LogP contribution in [-0.4, -0.2) is 78.1 Å². The van der Waals surface area contributed by atoms with Crippen LogP contribution in [0.2, 0.25) is 0 Å². The Kier molecular flexibility index (Phi) is 6.64. The monoisotopic (exact) mass is 427 g/mol. The van der Waals surface area contributed by atoms with Crippen LogP contribution in [0.25, 0.3) is 22.2 Å². The molecule has 0 radical (unpaired) electrons. The molecular formula is C22H29N5O4. The molecule has 1 saturated heterocycles. The number of nitrogens with two attached hydrogens (primary N) is 1. The van der Waals surface area contributed by atoms with Crippen LogP contribution in [-0.2, 0) is 20.8 Å². The fourth-order valence-electron chi connectivity index (χ4n) is 3.93. The summed E-state index contributed by atoms with van der Waals surface area (Å²) in [5.41, 5.74) is 9.27. The first kappa shape index (κ1) is 21.5. The molecule has 0 spiro atoms. The first-order valence-electron chi connectivity index (χ1n) is 10.6. The summed E-state index contributed by atoms with van der Waals surface area (Å²) < 4.78 is 17.9. The van der Waals surface area contributed by atoms with Crippen molar-refractivity contribution in [3.05, 3.63) is 29.8 Å². The van der Waals surface area contributed by atoms with E-state index in [1.165, 1.54) is 0 Å². The number of aromatic nitrogens is 3. The number of rotatable bonds is 8. The van der Waals surface area contributed by atoms with E-state index in [1.54, 1.807) is 14.0 Å². The van der Waals surface area contributed by atoms with Gasteiger partial charge in [0.1, 0.15) is 23.0 Å². The molecule has 1 atom stereocenters. The highest BCUT2D eigenvalue weighted by atomic mass is 16.6. The summed E-state index contributed by atoms with van der Waals surface area (Å²) in [4.78, 5) is 24.8. The van der Waals surface area contributed by atoms with Crippen LogP contribution < -0.4 is 5.73 Å². The summed E-state index contributed by atoms with van der Waals surface area (Å²) in [5, 5.41) is 0. The van der Waals surface area contributed by atoms with Crippen molar-refractivity contribution < 1.29 is 19.0 Å². The second-order valence-corrected chi connectivity index (χ2v) is 7.78. The number of aryl methyl sites for hydroxylation is 1. The lowest BCUT2D eigenvalue weighted by Crippen LogP contribution is -2.37. The Labute approximate surface area is 181 Å². The molecule has 2 aromatic heterocycles. The number of nitrogens with zero attached hydrogens (tertiary/aromatic N) is 4. The number of hydrogen-bond acceptors (Lipinski definition) is 8. The molecule has 1 aliphatic rings. The zero-order chi connectivity index (χ0) is 21.8. The fourth-order valence-corrected chi connectivity index (χ4v) is 3.93. The maximum absolute atomic E-state index is 13.0. The van der Waals surface area contributed by atoms with Crippen LogP contribution in [0.5, 0.6) is 0 Å². The van der Waals surface area contributed by atoms with Gasteiger partial charge in [0.15, 0.2) is 5.65 Å². The molecule has 4 rings (SSSR count). The molecule has 0 bridgehead atoms. The highest BCUT2D eigenvalue weighted by molar-refractivity contribution is 6.08. The van der Waals surface area contributed by atoms with E-state index in [1.807, 2.05) is 28.8 Å². The average Bonchev–Trinajstić information content (AvgIpc) is 3.03. The molecule has 1 aromatic carbocycles. The Balaban J connectivity index is 1.67. The first-order valence-corrected chi connectivity index (χ1v) is 10.6. The van der Waals surface area contributed by atoms with E-state index in [2.05, 4.69) is 4.90 Å². The Morgan fingerprint density at radius 1 is 1.19 bits per heavy atom. The molecule has 0 amide bonds. The van der Waals surface area contributed by atoms with E-state index in [0.717, 1.165) is 44.8 Å². The van der Waals surface area contributed by atoms with Crippen molar-refractivity contribution in [2.24, 2.45) is 0 Å². The Hall–Kier alpha value is -2.75. The maximum Gasteiger partial charge on any atom is 0.344 e. The molecule has 9 heteroatoms. The molecule has 1 aliphatic heterocycles. The maximum atomic E-state index is 13.0. The number of methoxy groups -OCH3 is 1. The zero-order valence-corrected chi connectivity index (χ0v) is 18.0. The molecule has 0 saturated carbocycles. The van der Waals surface area contributed by atoms with Gasteiger partial charge in [0, 0.05) is 33.3 Å². The minimum absolute atomic E-state index is 0.266. The fraction of sp³-hybridized carbons (Fsp3) is 0.500. The molecule has 3 aromatic rings. The smallest absolute Gasteiger partial charge is 0.344 e. The summed E-state index contributed by atoms with van der Waals surface area (Å²) in [6, 6.07) is 7.59. The third-order valence-corrected chi connectivity index (χ3v) is 5.47. The summed E-state index contributed by atoms with van der Waals surface area (Å²) in [6.07, 6.45) is 0.474. The van der Waals surface area contributed by atoms with Crippen molar-refractivity contribution in [2.45, 2.75) is 26.0 Å². The minimum atomic E-state index is -0.511. The van der Waals surface area contributed by atoms with Crippen LogP contribution in [0.15, 0.2) is 24.3 Å². The van der Waals surface area contributed by atoms with Gasteiger partial charge in [-0.2, -0.15) is 0 Å².